The average Bonchev–Trinajstić information content (AvgIpc) is 3.83. The molecule has 1 saturated carbocycles. The van der Waals surface area contributed by atoms with E-state index >= 15 is 0 Å². The third kappa shape index (κ3) is 5.65. The predicted molar refractivity (Wildman–Crippen MR) is 161 cm³/mol. The standard InChI is InChI=1S/C32H32FN7O4/c1-37-15-24(16-37)38-13-12-26-28(18-38)34-19-35-30(26)44-25-10-6-22(7-11-25)36-29(41)27-17-39(14-20-2-3-20)32(43)40(31(27)42)23-8-4-21(33)5-9-23/h4-11,17,19-20,24H,2-3,12-16,18H2,1H3,(H,36,41). The van der Waals surface area contributed by atoms with Crippen LogP contribution in [0.2, 0.25) is 0 Å². The molecule has 1 saturated heterocycles. The van der Waals surface area contributed by atoms with Crippen molar-refractivity contribution < 1.29 is 13.9 Å². The maximum atomic E-state index is 13.6. The summed E-state index contributed by atoms with van der Waals surface area (Å²) in [6.45, 7) is 4.24. The summed E-state index contributed by atoms with van der Waals surface area (Å²) >= 11 is 0. The minimum Gasteiger partial charge on any atom is -0.439 e. The summed E-state index contributed by atoms with van der Waals surface area (Å²) in [7, 11) is 2.13. The molecule has 1 aliphatic carbocycles. The number of halogens is 1. The van der Waals surface area contributed by atoms with Crippen molar-refractivity contribution in [3.63, 3.8) is 0 Å². The number of amides is 1. The maximum absolute atomic E-state index is 13.6. The molecule has 1 N–H and O–H groups in total. The Balaban J connectivity index is 1.08. The zero-order valence-electron chi connectivity index (χ0n) is 24.3. The highest BCUT2D eigenvalue weighted by Crippen LogP contribution is 2.31. The molecule has 3 aliphatic rings. The lowest BCUT2D eigenvalue weighted by Crippen LogP contribution is -2.58. The lowest BCUT2D eigenvalue weighted by Gasteiger charge is -2.45. The summed E-state index contributed by atoms with van der Waals surface area (Å²) in [6, 6.07) is 12.4. The monoisotopic (exact) mass is 597 g/mol. The second-order valence-electron chi connectivity index (χ2n) is 11.8. The van der Waals surface area contributed by atoms with Gasteiger partial charge in [0.15, 0.2) is 0 Å². The Morgan fingerprint density at radius 2 is 1.80 bits per heavy atom. The molecular formula is C32H32FN7O4. The second-order valence-corrected chi connectivity index (χ2v) is 11.8. The van der Waals surface area contributed by atoms with E-state index in [1.54, 1.807) is 24.3 Å². The highest BCUT2D eigenvalue weighted by atomic mass is 19.1. The number of nitrogens with zero attached hydrogens (tertiary/aromatic N) is 6. The minimum atomic E-state index is -0.775. The number of nitrogens with one attached hydrogen (secondary N) is 1. The SMILES string of the molecule is CN1CC(N2CCc3c(ncnc3Oc3ccc(NC(=O)c4cn(CC5CC5)c(=O)n(-c5ccc(F)cc5)c4=O)cc3)C2)C1. The third-order valence-electron chi connectivity index (χ3n) is 8.52. The van der Waals surface area contributed by atoms with E-state index < -0.39 is 23.0 Å². The van der Waals surface area contributed by atoms with Gasteiger partial charge in [0.1, 0.15) is 23.5 Å². The lowest BCUT2D eigenvalue weighted by atomic mass is 10.0. The van der Waals surface area contributed by atoms with Crippen LogP contribution in [0.1, 0.15) is 34.5 Å². The van der Waals surface area contributed by atoms with Crippen LogP contribution in [0.3, 0.4) is 0 Å². The summed E-state index contributed by atoms with van der Waals surface area (Å²) < 4.78 is 22.0. The van der Waals surface area contributed by atoms with E-state index in [-0.39, 0.29) is 11.3 Å². The van der Waals surface area contributed by atoms with E-state index in [1.807, 2.05) is 0 Å². The summed E-state index contributed by atoms with van der Waals surface area (Å²) in [5, 5.41) is 2.76. The number of hydrogen-bond acceptors (Lipinski definition) is 8. The van der Waals surface area contributed by atoms with Gasteiger partial charge in [0.05, 0.1) is 11.4 Å². The fraction of sp³-hybridized carbons (Fsp3) is 0.344. The number of carbonyl (C=O) groups is 1. The Morgan fingerprint density at radius 1 is 1.05 bits per heavy atom. The van der Waals surface area contributed by atoms with Crippen molar-refractivity contribution in [2.75, 3.05) is 32.0 Å². The molecule has 4 aromatic rings. The van der Waals surface area contributed by atoms with Crippen LogP contribution in [0.5, 0.6) is 11.6 Å². The van der Waals surface area contributed by atoms with E-state index in [4.69, 9.17) is 4.74 Å². The highest BCUT2D eigenvalue weighted by molar-refractivity contribution is 6.03. The topological polar surface area (TPSA) is 115 Å². The normalized spacial score (nSPS) is 17.1. The Labute approximate surface area is 252 Å². The quantitative estimate of drug-likeness (QED) is 0.330. The first kappa shape index (κ1) is 28.1. The van der Waals surface area contributed by atoms with Crippen molar-refractivity contribution in [2.24, 2.45) is 5.92 Å². The second kappa shape index (κ2) is 11.4. The fourth-order valence-corrected chi connectivity index (χ4v) is 5.84. The Hall–Kier alpha value is -4.68. The van der Waals surface area contributed by atoms with Gasteiger partial charge in [0, 0.05) is 56.2 Å². The molecule has 44 heavy (non-hydrogen) atoms. The molecule has 11 nitrogen and oxygen atoms in total. The van der Waals surface area contributed by atoms with Gasteiger partial charge in [0.25, 0.3) is 11.5 Å². The van der Waals surface area contributed by atoms with Gasteiger partial charge in [-0.15, -0.1) is 0 Å². The molecule has 7 rings (SSSR count). The summed E-state index contributed by atoms with van der Waals surface area (Å²) in [6.07, 6.45) is 5.61. The summed E-state index contributed by atoms with van der Waals surface area (Å²) in [5.74, 6) is 0.237. The number of likely N-dealkylation sites (tertiary alicyclic amines) is 1. The van der Waals surface area contributed by atoms with Crippen LogP contribution in [-0.2, 0) is 19.5 Å². The van der Waals surface area contributed by atoms with Crippen LogP contribution < -0.4 is 21.3 Å². The van der Waals surface area contributed by atoms with E-state index in [9.17, 15) is 18.8 Å². The molecule has 2 aliphatic heterocycles. The van der Waals surface area contributed by atoms with Gasteiger partial charge in [-0.05, 0) is 80.8 Å². The van der Waals surface area contributed by atoms with E-state index in [0.29, 0.717) is 35.8 Å². The molecule has 1 amide bonds. The Morgan fingerprint density at radius 3 is 2.50 bits per heavy atom. The summed E-state index contributed by atoms with van der Waals surface area (Å²) in [5.41, 5.74) is 1.09. The fourth-order valence-electron chi connectivity index (χ4n) is 5.84. The number of carbonyl (C=O) groups excluding carboxylic acids is 1. The van der Waals surface area contributed by atoms with E-state index in [2.05, 4.69) is 32.1 Å². The van der Waals surface area contributed by atoms with Crippen LogP contribution >= 0.6 is 0 Å². The number of anilines is 1. The smallest absolute Gasteiger partial charge is 0.335 e. The first-order valence-corrected chi connectivity index (χ1v) is 14.8. The van der Waals surface area contributed by atoms with Gasteiger partial charge in [-0.3, -0.25) is 19.1 Å². The largest absolute Gasteiger partial charge is 0.439 e. The van der Waals surface area contributed by atoms with Gasteiger partial charge in [-0.2, -0.15) is 0 Å². The number of aromatic nitrogens is 4. The number of ether oxygens (including phenoxy) is 1. The van der Waals surface area contributed by atoms with Gasteiger partial charge in [-0.1, -0.05) is 0 Å². The average molecular weight is 598 g/mol. The van der Waals surface area contributed by atoms with Crippen LogP contribution in [-0.4, -0.2) is 67.5 Å². The Bertz CT molecular complexity index is 1830. The van der Waals surface area contributed by atoms with Crippen LogP contribution in [0, 0.1) is 11.7 Å². The van der Waals surface area contributed by atoms with Gasteiger partial charge in [0.2, 0.25) is 5.88 Å². The van der Waals surface area contributed by atoms with Crippen LogP contribution in [0.15, 0.2) is 70.6 Å². The van der Waals surface area contributed by atoms with E-state index in [0.717, 1.165) is 61.3 Å². The number of fused-ring (bicyclic) bond motifs is 1. The van der Waals surface area contributed by atoms with Gasteiger partial charge >= 0.3 is 5.69 Å². The van der Waals surface area contributed by atoms with E-state index in [1.165, 1.54) is 41.4 Å². The highest BCUT2D eigenvalue weighted by Gasteiger charge is 2.33. The molecule has 2 aromatic heterocycles. The zero-order valence-corrected chi connectivity index (χ0v) is 24.3. The van der Waals surface area contributed by atoms with Crippen molar-refractivity contribution >= 4 is 11.6 Å². The third-order valence-corrected chi connectivity index (χ3v) is 8.52. The van der Waals surface area contributed by atoms with Gasteiger partial charge in [-0.25, -0.2) is 23.7 Å². The molecule has 4 heterocycles. The van der Waals surface area contributed by atoms with Crippen LogP contribution in [0.4, 0.5) is 10.1 Å². The van der Waals surface area contributed by atoms with Gasteiger partial charge < -0.3 is 15.0 Å². The minimum absolute atomic E-state index is 0.190. The number of benzene rings is 2. The van der Waals surface area contributed by atoms with Crippen molar-refractivity contribution in [3.8, 4) is 17.3 Å². The molecule has 2 aromatic carbocycles. The Kier molecular flexibility index (Phi) is 7.31. The van der Waals surface area contributed by atoms with Crippen LogP contribution in [0.25, 0.3) is 5.69 Å². The molecule has 12 heteroatoms. The maximum Gasteiger partial charge on any atom is 0.335 e. The molecule has 0 bridgehead atoms. The number of rotatable bonds is 8. The van der Waals surface area contributed by atoms with Crippen molar-refractivity contribution in [1.82, 2.24) is 28.9 Å². The van der Waals surface area contributed by atoms with Crippen molar-refractivity contribution in [3.05, 3.63) is 105 Å². The predicted octanol–water partition coefficient (Wildman–Crippen LogP) is 3.06. The molecule has 2 fully saturated rings. The first-order chi connectivity index (χ1) is 21.3. The van der Waals surface area contributed by atoms with Crippen molar-refractivity contribution in [1.29, 1.82) is 0 Å². The number of likely N-dealkylation sites (N-methyl/N-ethyl adjacent to an activating group) is 1. The molecule has 0 atom stereocenters. The first-order valence-electron chi connectivity index (χ1n) is 14.8. The zero-order chi connectivity index (χ0) is 30.4. The molecule has 0 spiro atoms. The van der Waals surface area contributed by atoms with Crippen molar-refractivity contribution in [2.45, 2.75) is 38.4 Å². The molecule has 0 radical (unpaired) electrons. The molecular weight excluding hydrogens is 565 g/mol. The number of hydrogen-bond donors (Lipinski definition) is 1. The summed E-state index contributed by atoms with van der Waals surface area (Å²) in [4.78, 5) is 53.6. The lowest BCUT2D eigenvalue weighted by molar-refractivity contribution is 0.0420. The molecule has 226 valence electrons. The molecule has 0 unspecified atom stereocenters.